The molecule has 0 fully saturated rings. The minimum Gasteiger partial charge on any atom is -0.481 e. The molecule has 150 valence electrons. The van der Waals surface area contributed by atoms with E-state index in [-0.39, 0.29) is 11.9 Å². The number of esters is 1. The molecule has 0 heterocycles. The van der Waals surface area contributed by atoms with Gasteiger partial charge in [-0.1, -0.05) is 31.9 Å². The van der Waals surface area contributed by atoms with Gasteiger partial charge >= 0.3 is 5.97 Å². The van der Waals surface area contributed by atoms with E-state index in [0.29, 0.717) is 35.1 Å². The number of carbonyl (C=O) groups is 2. The van der Waals surface area contributed by atoms with Crippen molar-refractivity contribution in [2.45, 2.75) is 46.1 Å². The van der Waals surface area contributed by atoms with Gasteiger partial charge in [0, 0.05) is 10.7 Å². The highest BCUT2D eigenvalue weighted by atomic mass is 35.5. The summed E-state index contributed by atoms with van der Waals surface area (Å²) in [5, 5.41) is 3.47. The Bertz CT molecular complexity index is 805. The maximum absolute atomic E-state index is 12.5. The number of anilines is 1. The molecule has 0 radical (unpaired) electrons. The van der Waals surface area contributed by atoms with E-state index in [1.54, 1.807) is 42.5 Å². The van der Waals surface area contributed by atoms with E-state index in [9.17, 15) is 9.59 Å². The first kappa shape index (κ1) is 21.8. The van der Waals surface area contributed by atoms with Gasteiger partial charge in [-0.3, -0.25) is 4.79 Å². The molecule has 6 heteroatoms. The number of rotatable bonds is 9. The quantitative estimate of drug-likeness (QED) is 0.449. The van der Waals surface area contributed by atoms with Gasteiger partial charge in [0.1, 0.15) is 5.75 Å². The first-order chi connectivity index (χ1) is 13.4. The van der Waals surface area contributed by atoms with E-state index in [0.717, 1.165) is 18.4 Å². The fourth-order valence-corrected chi connectivity index (χ4v) is 2.60. The Balaban J connectivity index is 1.96. The average molecular weight is 404 g/mol. The number of ether oxygens (including phenoxy) is 2. The smallest absolute Gasteiger partial charge is 0.338 e. The molecule has 2 aromatic carbocycles. The lowest BCUT2D eigenvalue weighted by Gasteiger charge is -2.18. The molecule has 0 aliphatic rings. The summed E-state index contributed by atoms with van der Waals surface area (Å²) >= 11 is 6.02. The van der Waals surface area contributed by atoms with E-state index >= 15 is 0 Å². The van der Waals surface area contributed by atoms with Crippen LogP contribution in [0.4, 0.5) is 5.69 Å². The van der Waals surface area contributed by atoms with Crippen molar-refractivity contribution in [2.24, 2.45) is 0 Å². The molecule has 0 saturated heterocycles. The lowest BCUT2D eigenvalue weighted by molar-refractivity contribution is -0.122. The Morgan fingerprint density at radius 1 is 1.11 bits per heavy atom. The predicted molar refractivity (Wildman–Crippen MR) is 111 cm³/mol. The Kier molecular flexibility index (Phi) is 8.33. The van der Waals surface area contributed by atoms with Gasteiger partial charge in [0.2, 0.25) is 0 Å². The van der Waals surface area contributed by atoms with Crippen LogP contribution in [-0.4, -0.2) is 24.6 Å². The number of amides is 1. The highest BCUT2D eigenvalue weighted by molar-refractivity contribution is 6.31. The Labute approximate surface area is 171 Å². The van der Waals surface area contributed by atoms with Gasteiger partial charge in [0.15, 0.2) is 6.10 Å². The molecule has 0 unspecified atom stereocenters. The molecule has 28 heavy (non-hydrogen) atoms. The zero-order valence-corrected chi connectivity index (χ0v) is 17.2. The van der Waals surface area contributed by atoms with Crippen LogP contribution in [0, 0.1) is 6.92 Å². The van der Waals surface area contributed by atoms with Crippen LogP contribution in [0.5, 0.6) is 5.75 Å². The van der Waals surface area contributed by atoms with Gasteiger partial charge in [-0.15, -0.1) is 0 Å². The van der Waals surface area contributed by atoms with Crippen LogP contribution in [0.3, 0.4) is 0 Å². The van der Waals surface area contributed by atoms with Crippen LogP contribution in [0.15, 0.2) is 42.5 Å². The zero-order valence-electron chi connectivity index (χ0n) is 16.5. The van der Waals surface area contributed by atoms with Crippen LogP contribution in [0.25, 0.3) is 0 Å². The van der Waals surface area contributed by atoms with E-state index in [1.165, 1.54) is 0 Å². The van der Waals surface area contributed by atoms with Gasteiger partial charge in [0.05, 0.1) is 12.2 Å². The van der Waals surface area contributed by atoms with Crippen molar-refractivity contribution >= 4 is 29.2 Å². The first-order valence-electron chi connectivity index (χ1n) is 9.45. The topological polar surface area (TPSA) is 64.6 Å². The number of hydrogen-bond donors (Lipinski definition) is 1. The molecule has 0 saturated carbocycles. The molecule has 2 aromatic rings. The molecular weight excluding hydrogens is 378 g/mol. The molecule has 2 rings (SSSR count). The standard InChI is InChI=1S/C22H26ClNO4/c1-4-6-13-27-22(26)16-7-9-17(10-8-16)24-21(25)20(5-2)28-18-11-12-19(23)15(3)14-18/h7-12,14,20H,4-6,13H2,1-3H3,(H,24,25)/t20-/m1/s1. The number of hydrogen-bond acceptors (Lipinski definition) is 4. The maximum atomic E-state index is 12.5. The Morgan fingerprint density at radius 3 is 2.43 bits per heavy atom. The monoisotopic (exact) mass is 403 g/mol. The second-order valence-electron chi connectivity index (χ2n) is 6.48. The number of halogens is 1. The van der Waals surface area contributed by atoms with Crippen molar-refractivity contribution in [2.75, 3.05) is 11.9 Å². The molecule has 1 amide bonds. The summed E-state index contributed by atoms with van der Waals surface area (Å²) in [6.45, 7) is 6.20. The molecule has 0 spiro atoms. The SMILES string of the molecule is CCCCOC(=O)c1ccc(NC(=O)[C@@H](CC)Oc2ccc(Cl)c(C)c2)cc1. The second-order valence-corrected chi connectivity index (χ2v) is 6.89. The van der Waals surface area contributed by atoms with Gasteiger partial charge in [-0.2, -0.15) is 0 Å². The largest absolute Gasteiger partial charge is 0.481 e. The minimum atomic E-state index is -0.640. The summed E-state index contributed by atoms with van der Waals surface area (Å²) in [6.07, 6.45) is 1.68. The van der Waals surface area contributed by atoms with Gasteiger partial charge in [0.25, 0.3) is 5.91 Å². The van der Waals surface area contributed by atoms with Crippen LogP contribution < -0.4 is 10.1 Å². The maximum Gasteiger partial charge on any atom is 0.338 e. The number of benzene rings is 2. The summed E-state index contributed by atoms with van der Waals surface area (Å²) in [5.41, 5.74) is 1.93. The van der Waals surface area contributed by atoms with Crippen LogP contribution in [0.2, 0.25) is 5.02 Å². The fraction of sp³-hybridized carbons (Fsp3) is 0.364. The van der Waals surface area contributed by atoms with E-state index in [4.69, 9.17) is 21.1 Å². The van der Waals surface area contributed by atoms with Gasteiger partial charge in [-0.05, 0) is 67.8 Å². The first-order valence-corrected chi connectivity index (χ1v) is 9.83. The van der Waals surface area contributed by atoms with Gasteiger partial charge < -0.3 is 14.8 Å². The van der Waals surface area contributed by atoms with Crippen molar-refractivity contribution in [3.8, 4) is 5.75 Å². The summed E-state index contributed by atoms with van der Waals surface area (Å²) in [5.74, 6) is -0.0262. The Hall–Kier alpha value is -2.53. The van der Waals surface area contributed by atoms with Crippen LogP contribution in [0.1, 0.15) is 49.0 Å². The van der Waals surface area contributed by atoms with Crippen molar-refractivity contribution in [3.63, 3.8) is 0 Å². The normalized spacial score (nSPS) is 11.6. The fourth-order valence-electron chi connectivity index (χ4n) is 2.48. The summed E-state index contributed by atoms with van der Waals surface area (Å²) in [6, 6.07) is 11.9. The highest BCUT2D eigenvalue weighted by Crippen LogP contribution is 2.23. The molecule has 0 aromatic heterocycles. The van der Waals surface area contributed by atoms with Crippen molar-refractivity contribution < 1.29 is 19.1 Å². The molecule has 0 aliphatic heterocycles. The Morgan fingerprint density at radius 2 is 1.82 bits per heavy atom. The molecule has 1 N–H and O–H groups in total. The third kappa shape index (κ3) is 6.27. The van der Waals surface area contributed by atoms with Crippen molar-refractivity contribution in [3.05, 3.63) is 58.6 Å². The lowest BCUT2D eigenvalue weighted by Crippen LogP contribution is -2.32. The van der Waals surface area contributed by atoms with Crippen molar-refractivity contribution in [1.29, 1.82) is 0 Å². The summed E-state index contributed by atoms with van der Waals surface area (Å²) in [4.78, 5) is 24.5. The summed E-state index contributed by atoms with van der Waals surface area (Å²) in [7, 11) is 0. The number of carbonyl (C=O) groups excluding carboxylic acids is 2. The average Bonchev–Trinajstić information content (AvgIpc) is 2.69. The van der Waals surface area contributed by atoms with Crippen LogP contribution in [-0.2, 0) is 9.53 Å². The predicted octanol–water partition coefficient (Wildman–Crippen LogP) is 5.40. The van der Waals surface area contributed by atoms with E-state index in [1.807, 2.05) is 20.8 Å². The second kappa shape index (κ2) is 10.7. The molecular formula is C22H26ClNO4. The molecule has 0 bridgehead atoms. The molecule has 5 nitrogen and oxygen atoms in total. The lowest BCUT2D eigenvalue weighted by atomic mass is 10.2. The third-order valence-electron chi connectivity index (χ3n) is 4.19. The van der Waals surface area contributed by atoms with E-state index in [2.05, 4.69) is 5.32 Å². The highest BCUT2D eigenvalue weighted by Gasteiger charge is 2.19. The molecule has 1 atom stereocenters. The van der Waals surface area contributed by atoms with Crippen LogP contribution >= 0.6 is 11.6 Å². The van der Waals surface area contributed by atoms with E-state index < -0.39 is 6.10 Å². The zero-order chi connectivity index (χ0) is 20.5. The van der Waals surface area contributed by atoms with Gasteiger partial charge in [-0.25, -0.2) is 4.79 Å². The summed E-state index contributed by atoms with van der Waals surface area (Å²) < 4.78 is 11.0. The number of nitrogens with one attached hydrogen (secondary N) is 1. The van der Waals surface area contributed by atoms with Crippen molar-refractivity contribution in [1.82, 2.24) is 0 Å². The number of aryl methyl sites for hydroxylation is 1. The minimum absolute atomic E-state index is 0.256. The third-order valence-corrected chi connectivity index (χ3v) is 4.61. The number of unbranched alkanes of at least 4 members (excludes halogenated alkanes) is 1. The molecule has 0 aliphatic carbocycles.